The lowest BCUT2D eigenvalue weighted by atomic mass is 9.58. The molecular formula is C32H36F5N7O. The molecule has 2 N–H and O–H groups in total. The third kappa shape index (κ3) is 5.26. The van der Waals surface area contributed by atoms with Gasteiger partial charge in [-0.05, 0) is 85.9 Å². The van der Waals surface area contributed by atoms with E-state index >= 15 is 0 Å². The van der Waals surface area contributed by atoms with Crippen LogP contribution < -0.4 is 15.5 Å². The van der Waals surface area contributed by atoms with Crippen molar-refractivity contribution in [3.63, 3.8) is 0 Å². The minimum atomic E-state index is -4.66. The second kappa shape index (κ2) is 10.2. The molecule has 3 heterocycles. The molecule has 240 valence electrons. The van der Waals surface area contributed by atoms with Crippen LogP contribution in [0.4, 0.5) is 33.6 Å². The highest BCUT2D eigenvalue weighted by Gasteiger charge is 2.50. The minimum absolute atomic E-state index is 0.000940. The number of carbonyl (C=O) groups is 1. The number of amides is 1. The zero-order chi connectivity index (χ0) is 31.9. The van der Waals surface area contributed by atoms with Crippen LogP contribution in [0.25, 0.3) is 0 Å². The van der Waals surface area contributed by atoms with Gasteiger partial charge in [0.1, 0.15) is 23.8 Å². The van der Waals surface area contributed by atoms with Crippen LogP contribution in [0.5, 0.6) is 0 Å². The van der Waals surface area contributed by atoms with Crippen molar-refractivity contribution in [2.24, 2.45) is 13.0 Å². The molecule has 4 aliphatic rings. The van der Waals surface area contributed by atoms with E-state index in [9.17, 15) is 26.7 Å². The van der Waals surface area contributed by atoms with Gasteiger partial charge in [0.25, 0.3) is 11.8 Å². The molecule has 45 heavy (non-hydrogen) atoms. The second-order valence-corrected chi connectivity index (χ2v) is 13.9. The Morgan fingerprint density at radius 3 is 2.38 bits per heavy atom. The lowest BCUT2D eigenvalue weighted by molar-refractivity contribution is -0.138. The maximum absolute atomic E-state index is 14.4. The summed E-state index contributed by atoms with van der Waals surface area (Å²) < 4.78 is 72.4. The average molecular weight is 630 g/mol. The molecule has 3 aliphatic carbocycles. The van der Waals surface area contributed by atoms with Gasteiger partial charge in [-0.1, -0.05) is 6.92 Å². The fourth-order valence-corrected chi connectivity index (χ4v) is 7.58. The number of hydrogen-bond acceptors (Lipinski definition) is 6. The third-order valence-corrected chi connectivity index (χ3v) is 10.2. The Balaban J connectivity index is 1.27. The Labute approximate surface area is 257 Å². The van der Waals surface area contributed by atoms with Crippen molar-refractivity contribution < 1.29 is 26.7 Å². The largest absolute Gasteiger partial charge is 0.416 e. The van der Waals surface area contributed by atoms with Gasteiger partial charge in [-0.25, -0.2) is 13.8 Å². The van der Waals surface area contributed by atoms with Crippen molar-refractivity contribution in [1.29, 1.82) is 0 Å². The Kier molecular flexibility index (Phi) is 6.81. The molecular weight excluding hydrogens is 593 g/mol. The highest BCUT2D eigenvalue weighted by atomic mass is 19.4. The number of alkyl halides is 5. The molecule has 1 aromatic carbocycles. The monoisotopic (exact) mass is 629 g/mol. The highest BCUT2D eigenvalue weighted by Crippen LogP contribution is 2.53. The van der Waals surface area contributed by atoms with Gasteiger partial charge in [0.15, 0.2) is 0 Å². The van der Waals surface area contributed by atoms with Gasteiger partial charge in [-0.3, -0.25) is 9.69 Å². The molecule has 7 rings (SSSR count). The summed E-state index contributed by atoms with van der Waals surface area (Å²) in [7, 11) is 1.84. The van der Waals surface area contributed by atoms with E-state index in [0.29, 0.717) is 23.1 Å². The number of pyridine rings is 1. The SMILES string of the molecule is CC1CC(c2cc(NC3CC(F)(F)C3)nc(N3Cc4c(cc(CNC5(C)CCC5)cc4C(F)(F)F)C3=O)c2)(c2nncn2C)C1. The van der Waals surface area contributed by atoms with E-state index in [1.807, 2.05) is 18.5 Å². The van der Waals surface area contributed by atoms with E-state index in [0.717, 1.165) is 43.7 Å². The molecule has 13 heteroatoms. The maximum Gasteiger partial charge on any atom is 0.416 e. The molecule has 0 spiro atoms. The average Bonchev–Trinajstić information content (AvgIpc) is 3.49. The first-order valence-electron chi connectivity index (χ1n) is 15.5. The lowest BCUT2D eigenvalue weighted by Gasteiger charge is -2.46. The number of fused-ring (bicyclic) bond motifs is 1. The molecule has 0 atom stereocenters. The maximum atomic E-state index is 14.4. The standard InChI is InChI=1S/C32H36F5N7O/c1-18-11-30(12-18,28-42-39-17-43(28)3)20-9-25(40-21-13-31(33,34)14-21)41-26(10-20)44-16-23-22(27(44)45)7-19(8-24(23)32(35,36)37)15-38-29(2)5-4-6-29/h7-10,17-18,21,38H,4-6,11-16H2,1-3H3,(H,40,41). The van der Waals surface area contributed by atoms with Gasteiger partial charge in [-0.15, -0.1) is 10.2 Å². The van der Waals surface area contributed by atoms with E-state index < -0.39 is 35.0 Å². The Morgan fingerprint density at radius 2 is 1.80 bits per heavy atom. The van der Waals surface area contributed by atoms with E-state index in [1.54, 1.807) is 24.5 Å². The number of halogens is 5. The fraction of sp³-hybridized carbons (Fsp3) is 0.562. The predicted octanol–water partition coefficient (Wildman–Crippen LogP) is 6.35. The summed E-state index contributed by atoms with van der Waals surface area (Å²) in [4.78, 5) is 19.8. The third-order valence-electron chi connectivity index (χ3n) is 10.2. The number of carbonyl (C=O) groups excluding carboxylic acids is 1. The number of aryl methyl sites for hydroxylation is 1. The Morgan fingerprint density at radius 1 is 1.07 bits per heavy atom. The van der Waals surface area contributed by atoms with Gasteiger partial charge >= 0.3 is 6.18 Å². The number of nitrogens with one attached hydrogen (secondary N) is 2. The van der Waals surface area contributed by atoms with Gasteiger partial charge in [0.05, 0.1) is 17.5 Å². The number of nitrogens with zero attached hydrogens (tertiary/aromatic N) is 5. The fourth-order valence-electron chi connectivity index (χ4n) is 7.58. The summed E-state index contributed by atoms with van der Waals surface area (Å²) >= 11 is 0. The van der Waals surface area contributed by atoms with Gasteiger partial charge in [-0.2, -0.15) is 13.2 Å². The quantitative estimate of drug-likeness (QED) is 0.283. The summed E-state index contributed by atoms with van der Waals surface area (Å²) in [5.74, 6) is -1.80. The smallest absolute Gasteiger partial charge is 0.367 e. The topological polar surface area (TPSA) is 88.0 Å². The van der Waals surface area contributed by atoms with Crippen LogP contribution in [0, 0.1) is 5.92 Å². The van der Waals surface area contributed by atoms with Gasteiger partial charge < -0.3 is 15.2 Å². The van der Waals surface area contributed by atoms with E-state index in [1.165, 1.54) is 4.90 Å². The number of anilines is 2. The minimum Gasteiger partial charge on any atom is -0.367 e. The van der Waals surface area contributed by atoms with Crippen molar-refractivity contribution in [3.8, 4) is 0 Å². The zero-order valence-electron chi connectivity index (χ0n) is 25.4. The molecule has 3 saturated carbocycles. The molecule has 0 radical (unpaired) electrons. The van der Waals surface area contributed by atoms with Crippen molar-refractivity contribution >= 4 is 17.5 Å². The summed E-state index contributed by atoms with van der Waals surface area (Å²) in [6.07, 6.45) is 0.664. The second-order valence-electron chi connectivity index (χ2n) is 13.9. The first kappa shape index (κ1) is 30.1. The number of benzene rings is 1. The zero-order valence-corrected chi connectivity index (χ0v) is 25.4. The molecule has 0 unspecified atom stereocenters. The Bertz CT molecular complexity index is 1650. The predicted molar refractivity (Wildman–Crippen MR) is 157 cm³/mol. The van der Waals surface area contributed by atoms with Crippen LogP contribution in [-0.2, 0) is 31.7 Å². The highest BCUT2D eigenvalue weighted by molar-refractivity contribution is 6.10. The van der Waals surface area contributed by atoms with Crippen LogP contribution in [0.15, 0.2) is 30.6 Å². The van der Waals surface area contributed by atoms with Crippen molar-refractivity contribution in [3.05, 3.63) is 64.2 Å². The van der Waals surface area contributed by atoms with Crippen molar-refractivity contribution in [1.82, 2.24) is 25.1 Å². The van der Waals surface area contributed by atoms with Crippen LogP contribution in [0.2, 0.25) is 0 Å². The molecule has 1 amide bonds. The molecule has 0 bridgehead atoms. The van der Waals surface area contributed by atoms with Crippen LogP contribution >= 0.6 is 0 Å². The first-order valence-corrected chi connectivity index (χ1v) is 15.5. The summed E-state index contributed by atoms with van der Waals surface area (Å²) in [6.45, 7) is 4.07. The first-order chi connectivity index (χ1) is 21.1. The van der Waals surface area contributed by atoms with E-state index in [2.05, 4.69) is 32.7 Å². The van der Waals surface area contributed by atoms with Crippen molar-refractivity contribution in [2.75, 3.05) is 10.2 Å². The van der Waals surface area contributed by atoms with Crippen LogP contribution in [0.1, 0.15) is 97.2 Å². The molecule has 3 fully saturated rings. The number of aromatic nitrogens is 4. The normalized spacial score (nSPS) is 25.4. The number of rotatable bonds is 8. The van der Waals surface area contributed by atoms with Crippen molar-refractivity contribution in [2.45, 2.75) is 101 Å². The van der Waals surface area contributed by atoms with Gasteiger partial charge in [0.2, 0.25) is 0 Å². The van der Waals surface area contributed by atoms with E-state index in [4.69, 9.17) is 0 Å². The van der Waals surface area contributed by atoms with E-state index in [-0.39, 0.29) is 48.4 Å². The molecule has 8 nitrogen and oxygen atoms in total. The molecule has 2 aromatic heterocycles. The summed E-state index contributed by atoms with van der Waals surface area (Å²) in [5, 5.41) is 14.9. The Hall–Kier alpha value is -3.61. The molecule has 3 aromatic rings. The summed E-state index contributed by atoms with van der Waals surface area (Å²) in [5.41, 5.74) is -0.471. The van der Waals surface area contributed by atoms with Crippen LogP contribution in [0.3, 0.4) is 0 Å². The lowest BCUT2D eigenvalue weighted by Crippen LogP contribution is -2.47. The molecule has 1 aliphatic heterocycles. The van der Waals surface area contributed by atoms with Crippen LogP contribution in [-0.4, -0.2) is 43.2 Å². The summed E-state index contributed by atoms with van der Waals surface area (Å²) in [6, 6.07) is 5.70. The van der Waals surface area contributed by atoms with Gasteiger partial charge in [0, 0.05) is 43.6 Å². The molecule has 0 saturated heterocycles. The number of hydrogen-bond donors (Lipinski definition) is 2.